The van der Waals surface area contributed by atoms with Gasteiger partial charge in [0.05, 0.1) is 13.2 Å². The Morgan fingerprint density at radius 2 is 1.06 bits per heavy atom. The van der Waals surface area contributed by atoms with E-state index in [1.807, 2.05) is 0 Å². The Kier molecular flexibility index (Phi) is 11.0. The quantitative estimate of drug-likeness (QED) is 0.663. The summed E-state index contributed by atoms with van der Waals surface area (Å²) in [5, 5.41) is 24.0. The van der Waals surface area contributed by atoms with E-state index in [0.717, 1.165) is 12.8 Å². The second kappa shape index (κ2) is 11.9. The van der Waals surface area contributed by atoms with E-state index in [2.05, 4.69) is 48.6 Å². The van der Waals surface area contributed by atoms with Crippen LogP contribution < -0.4 is 0 Å². The van der Waals surface area contributed by atoms with E-state index in [0.29, 0.717) is 0 Å². The van der Waals surface area contributed by atoms with Crippen molar-refractivity contribution in [2.75, 3.05) is 13.2 Å². The Morgan fingerprint density at radius 3 is 1.12 bits per heavy atom. The number of aliphatic hydroxyl groups excluding tert-OH is 3. The highest BCUT2D eigenvalue weighted by Gasteiger charge is 1.93. The van der Waals surface area contributed by atoms with Gasteiger partial charge in [0.25, 0.3) is 0 Å². The van der Waals surface area contributed by atoms with Gasteiger partial charge >= 0.3 is 0 Å². The maximum atomic E-state index is 8.17. The first-order valence-electron chi connectivity index (χ1n) is 5.34. The van der Waals surface area contributed by atoms with E-state index < -0.39 is 6.10 Å². The van der Waals surface area contributed by atoms with Crippen LogP contribution in [0, 0.1) is 0 Å². The molecule has 0 amide bonds. The Morgan fingerprint density at radius 1 is 0.750 bits per heavy atom. The number of aliphatic hydroxyl groups is 3. The highest BCUT2D eigenvalue weighted by atomic mass is 16.3. The fourth-order valence-electron chi connectivity index (χ4n) is 0.843. The van der Waals surface area contributed by atoms with Gasteiger partial charge in [-0.05, 0) is 12.8 Å². The normalized spacial score (nSPS) is 14.8. The van der Waals surface area contributed by atoms with Gasteiger partial charge in [0.1, 0.15) is 6.10 Å². The van der Waals surface area contributed by atoms with Gasteiger partial charge in [0.2, 0.25) is 0 Å². The van der Waals surface area contributed by atoms with Crippen molar-refractivity contribution in [3.05, 3.63) is 48.6 Å². The van der Waals surface area contributed by atoms with Crippen LogP contribution in [0.4, 0.5) is 0 Å². The molecule has 0 aromatic carbocycles. The molecular weight excluding hydrogens is 204 g/mol. The van der Waals surface area contributed by atoms with Gasteiger partial charge in [-0.3, -0.25) is 0 Å². The van der Waals surface area contributed by atoms with E-state index in [-0.39, 0.29) is 13.2 Å². The molecule has 3 nitrogen and oxygen atoms in total. The lowest BCUT2D eigenvalue weighted by molar-refractivity contribution is 0.0450. The second-order valence-electron chi connectivity index (χ2n) is 3.20. The molecule has 90 valence electrons. The molecular formula is C13H20O3. The monoisotopic (exact) mass is 224 g/mol. The summed E-state index contributed by atoms with van der Waals surface area (Å²) in [6, 6.07) is 0. The lowest BCUT2D eigenvalue weighted by Crippen LogP contribution is -2.15. The van der Waals surface area contributed by atoms with Gasteiger partial charge in [-0.25, -0.2) is 0 Å². The lowest BCUT2D eigenvalue weighted by atomic mass is 10.4. The zero-order valence-corrected chi connectivity index (χ0v) is 9.37. The van der Waals surface area contributed by atoms with Gasteiger partial charge in [-0.2, -0.15) is 0 Å². The summed E-state index contributed by atoms with van der Waals surface area (Å²) in [7, 11) is 0. The Balaban J connectivity index is 0.000000211. The molecule has 0 saturated heterocycles. The fraction of sp³-hybridized carbons (Fsp3) is 0.385. The third kappa shape index (κ3) is 10.9. The van der Waals surface area contributed by atoms with E-state index in [1.165, 1.54) is 0 Å². The highest BCUT2D eigenvalue weighted by Crippen LogP contribution is 1.93. The lowest BCUT2D eigenvalue weighted by Gasteiger charge is -1.96. The number of allylic oxidation sites excluding steroid dienone is 8. The van der Waals surface area contributed by atoms with E-state index in [1.54, 1.807) is 0 Å². The summed E-state index contributed by atoms with van der Waals surface area (Å²) >= 11 is 0. The van der Waals surface area contributed by atoms with Crippen molar-refractivity contribution in [2.24, 2.45) is 0 Å². The van der Waals surface area contributed by atoms with Crippen molar-refractivity contribution in [1.29, 1.82) is 0 Å². The molecule has 0 atom stereocenters. The number of hydrogen-bond acceptors (Lipinski definition) is 3. The van der Waals surface area contributed by atoms with Crippen LogP contribution in [0.5, 0.6) is 0 Å². The van der Waals surface area contributed by atoms with Gasteiger partial charge in [-0.1, -0.05) is 48.6 Å². The summed E-state index contributed by atoms with van der Waals surface area (Å²) in [5.41, 5.74) is 0. The van der Waals surface area contributed by atoms with Crippen LogP contribution in [0.3, 0.4) is 0 Å². The minimum atomic E-state index is -0.954. The van der Waals surface area contributed by atoms with E-state index in [4.69, 9.17) is 15.3 Å². The van der Waals surface area contributed by atoms with Crippen LogP contribution >= 0.6 is 0 Å². The summed E-state index contributed by atoms with van der Waals surface area (Å²) in [4.78, 5) is 0. The standard InChI is InChI=1S/2C5H6.C3H8O3/c2*1-2-4-5-3-1;4-1-3(6)2-5/h2*1-4H,5H2;3-6H,1-2H2. The molecule has 0 unspecified atom stereocenters. The molecule has 2 aliphatic carbocycles. The highest BCUT2D eigenvalue weighted by molar-refractivity contribution is 5.12. The maximum absolute atomic E-state index is 8.17. The van der Waals surface area contributed by atoms with Crippen LogP contribution in [0.1, 0.15) is 12.8 Å². The molecule has 0 bridgehead atoms. The first kappa shape index (κ1) is 14.8. The first-order chi connectivity index (χ1) is 7.81. The van der Waals surface area contributed by atoms with Gasteiger partial charge in [-0.15, -0.1) is 0 Å². The third-order valence-corrected chi connectivity index (χ3v) is 1.73. The predicted molar refractivity (Wildman–Crippen MR) is 66.0 cm³/mol. The molecule has 0 aromatic heterocycles. The van der Waals surface area contributed by atoms with Crippen LogP contribution in [-0.4, -0.2) is 34.6 Å². The van der Waals surface area contributed by atoms with Crippen molar-refractivity contribution in [3.63, 3.8) is 0 Å². The molecule has 2 aliphatic rings. The molecule has 0 spiro atoms. The Labute approximate surface area is 96.7 Å². The van der Waals surface area contributed by atoms with Crippen LogP contribution in [0.25, 0.3) is 0 Å². The molecule has 0 fully saturated rings. The number of hydrogen-bond donors (Lipinski definition) is 3. The largest absolute Gasteiger partial charge is 0.394 e. The first-order valence-corrected chi connectivity index (χ1v) is 5.34. The molecule has 0 aromatic rings. The van der Waals surface area contributed by atoms with E-state index >= 15 is 0 Å². The zero-order valence-electron chi connectivity index (χ0n) is 9.37. The SMILES string of the molecule is C1=CCC=C1.C1=CCC=C1.OCC(O)CO. The van der Waals surface area contributed by atoms with Crippen molar-refractivity contribution in [1.82, 2.24) is 0 Å². The zero-order chi connectivity index (χ0) is 12.1. The van der Waals surface area contributed by atoms with Gasteiger partial charge < -0.3 is 15.3 Å². The smallest absolute Gasteiger partial charge is 0.100 e. The Bertz CT molecular complexity index is 206. The second-order valence-corrected chi connectivity index (χ2v) is 3.20. The Hall–Kier alpha value is -1.16. The molecule has 0 aliphatic heterocycles. The van der Waals surface area contributed by atoms with Gasteiger partial charge in [0, 0.05) is 0 Å². The minimum Gasteiger partial charge on any atom is -0.394 e. The predicted octanol–water partition coefficient (Wildman–Crippen LogP) is 1.34. The molecule has 0 radical (unpaired) electrons. The summed E-state index contributed by atoms with van der Waals surface area (Å²) in [6.07, 6.45) is 18.0. The topological polar surface area (TPSA) is 60.7 Å². The van der Waals surface area contributed by atoms with Crippen molar-refractivity contribution in [3.8, 4) is 0 Å². The van der Waals surface area contributed by atoms with Crippen LogP contribution in [-0.2, 0) is 0 Å². The average molecular weight is 224 g/mol. The molecule has 3 N–H and O–H groups in total. The molecule has 0 saturated carbocycles. The van der Waals surface area contributed by atoms with Crippen molar-refractivity contribution in [2.45, 2.75) is 18.9 Å². The van der Waals surface area contributed by atoms with Gasteiger partial charge in [0.15, 0.2) is 0 Å². The van der Waals surface area contributed by atoms with Crippen LogP contribution in [0.15, 0.2) is 48.6 Å². The summed E-state index contributed by atoms with van der Waals surface area (Å²) in [6.45, 7) is -0.729. The maximum Gasteiger partial charge on any atom is 0.100 e. The van der Waals surface area contributed by atoms with Crippen molar-refractivity contribution >= 4 is 0 Å². The van der Waals surface area contributed by atoms with Crippen LogP contribution in [0.2, 0.25) is 0 Å². The number of rotatable bonds is 2. The summed E-state index contributed by atoms with van der Waals surface area (Å²) in [5.74, 6) is 0. The molecule has 2 rings (SSSR count). The molecule has 16 heavy (non-hydrogen) atoms. The fourth-order valence-corrected chi connectivity index (χ4v) is 0.843. The summed E-state index contributed by atoms with van der Waals surface area (Å²) < 4.78 is 0. The average Bonchev–Trinajstić information content (AvgIpc) is 3.03. The van der Waals surface area contributed by atoms with Crippen molar-refractivity contribution < 1.29 is 15.3 Å². The minimum absolute atomic E-state index is 0.365. The van der Waals surface area contributed by atoms with E-state index in [9.17, 15) is 0 Å². The molecule has 3 heteroatoms. The molecule has 0 heterocycles. The third-order valence-electron chi connectivity index (χ3n) is 1.73.